The van der Waals surface area contributed by atoms with E-state index in [1.807, 2.05) is 48.5 Å². The van der Waals surface area contributed by atoms with Crippen molar-refractivity contribution in [3.8, 4) is 5.75 Å². The SMILES string of the molecule is O=C(Nc1ccc(C(=O)N2CCc3ccccc32)cc1)C1CCCN(C(=O)CCOc2ccccc2)C1. The number of anilines is 2. The van der Waals surface area contributed by atoms with Gasteiger partial charge in [0.1, 0.15) is 5.75 Å². The van der Waals surface area contributed by atoms with Crippen molar-refractivity contribution in [2.75, 3.05) is 36.5 Å². The lowest BCUT2D eigenvalue weighted by Gasteiger charge is -2.32. The van der Waals surface area contributed by atoms with Crippen LogP contribution in [0.25, 0.3) is 0 Å². The van der Waals surface area contributed by atoms with Crippen molar-refractivity contribution >= 4 is 29.1 Å². The number of para-hydroxylation sites is 2. The van der Waals surface area contributed by atoms with Gasteiger partial charge in [0.2, 0.25) is 11.8 Å². The van der Waals surface area contributed by atoms with Crippen molar-refractivity contribution in [2.45, 2.75) is 25.7 Å². The number of carbonyl (C=O) groups is 3. The Labute approximate surface area is 217 Å². The molecule has 0 saturated carbocycles. The minimum absolute atomic E-state index is 0.000201. The van der Waals surface area contributed by atoms with Crippen LogP contribution in [0, 0.1) is 5.92 Å². The topological polar surface area (TPSA) is 79.0 Å². The summed E-state index contributed by atoms with van der Waals surface area (Å²) >= 11 is 0. The Morgan fingerprint density at radius 2 is 1.65 bits per heavy atom. The molecule has 2 heterocycles. The number of likely N-dealkylation sites (tertiary alicyclic amines) is 1. The first-order valence-corrected chi connectivity index (χ1v) is 12.8. The summed E-state index contributed by atoms with van der Waals surface area (Å²) in [5.74, 6) is 0.324. The highest BCUT2D eigenvalue weighted by atomic mass is 16.5. The summed E-state index contributed by atoms with van der Waals surface area (Å²) in [6.45, 7) is 2.04. The van der Waals surface area contributed by atoms with Gasteiger partial charge in [-0.05, 0) is 67.3 Å². The molecular weight excluding hydrogens is 466 g/mol. The van der Waals surface area contributed by atoms with E-state index < -0.39 is 0 Å². The summed E-state index contributed by atoms with van der Waals surface area (Å²) in [4.78, 5) is 42.2. The molecule has 2 aliphatic rings. The number of amides is 3. The molecule has 7 heteroatoms. The number of piperidine rings is 1. The standard InChI is InChI=1S/C30H31N3O4/c34-28(17-20-37-26-9-2-1-3-10-26)32-18-6-8-24(21-32)29(35)31-25-14-12-23(13-15-25)30(36)33-19-16-22-7-4-5-11-27(22)33/h1-5,7,9-15,24H,6,8,16-21H2,(H,31,35). The number of rotatable bonds is 7. The van der Waals surface area contributed by atoms with E-state index in [-0.39, 0.29) is 30.1 Å². The van der Waals surface area contributed by atoms with E-state index in [0.29, 0.717) is 37.5 Å². The van der Waals surface area contributed by atoms with Gasteiger partial charge in [-0.15, -0.1) is 0 Å². The molecule has 0 aliphatic carbocycles. The molecule has 0 bridgehead atoms. The molecule has 0 radical (unpaired) electrons. The zero-order chi connectivity index (χ0) is 25.6. The van der Waals surface area contributed by atoms with Gasteiger partial charge >= 0.3 is 0 Å². The Morgan fingerprint density at radius 3 is 2.46 bits per heavy atom. The normalized spacial score (nSPS) is 16.7. The highest BCUT2D eigenvalue weighted by Gasteiger charge is 2.29. The maximum atomic E-state index is 13.0. The number of nitrogens with one attached hydrogen (secondary N) is 1. The van der Waals surface area contributed by atoms with Crippen LogP contribution in [0.2, 0.25) is 0 Å². The maximum absolute atomic E-state index is 13.0. The Hall–Kier alpha value is -4.13. The van der Waals surface area contributed by atoms with Crippen LogP contribution in [0.3, 0.4) is 0 Å². The van der Waals surface area contributed by atoms with Crippen LogP contribution in [-0.4, -0.2) is 48.9 Å². The fraction of sp³-hybridized carbons (Fsp3) is 0.300. The average molecular weight is 498 g/mol. The van der Waals surface area contributed by atoms with Crippen LogP contribution in [-0.2, 0) is 16.0 Å². The van der Waals surface area contributed by atoms with Crippen LogP contribution in [0.5, 0.6) is 5.75 Å². The number of carbonyl (C=O) groups excluding carboxylic acids is 3. The van der Waals surface area contributed by atoms with Gasteiger partial charge in [0.15, 0.2) is 0 Å². The van der Waals surface area contributed by atoms with Gasteiger partial charge in [0, 0.05) is 36.6 Å². The molecule has 1 saturated heterocycles. The summed E-state index contributed by atoms with van der Waals surface area (Å²) in [5, 5.41) is 2.96. The Balaban J connectivity index is 1.12. The van der Waals surface area contributed by atoms with E-state index in [0.717, 1.165) is 30.7 Å². The minimum Gasteiger partial charge on any atom is -0.493 e. The van der Waals surface area contributed by atoms with Crippen molar-refractivity contribution < 1.29 is 19.1 Å². The zero-order valence-electron chi connectivity index (χ0n) is 20.8. The highest BCUT2D eigenvalue weighted by Crippen LogP contribution is 2.29. The number of nitrogens with zero attached hydrogens (tertiary/aromatic N) is 2. The van der Waals surface area contributed by atoms with Gasteiger partial charge in [-0.2, -0.15) is 0 Å². The van der Waals surface area contributed by atoms with Gasteiger partial charge in [-0.25, -0.2) is 0 Å². The van der Waals surface area contributed by atoms with Crippen LogP contribution < -0.4 is 15.0 Å². The molecule has 3 aromatic carbocycles. The summed E-state index contributed by atoms with van der Waals surface area (Å²) in [7, 11) is 0. The fourth-order valence-electron chi connectivity index (χ4n) is 4.99. The van der Waals surface area contributed by atoms with Gasteiger partial charge < -0.3 is 19.9 Å². The van der Waals surface area contributed by atoms with Crippen molar-refractivity contribution in [3.05, 3.63) is 90.0 Å². The van der Waals surface area contributed by atoms with E-state index in [1.54, 1.807) is 34.1 Å². The molecule has 37 heavy (non-hydrogen) atoms. The summed E-state index contributed by atoms with van der Waals surface area (Å²) < 4.78 is 5.64. The van der Waals surface area contributed by atoms with Crippen LogP contribution in [0.1, 0.15) is 35.2 Å². The Bertz CT molecular complexity index is 1260. The molecule has 0 aromatic heterocycles. The molecule has 0 spiro atoms. The van der Waals surface area contributed by atoms with Gasteiger partial charge in [0.05, 0.1) is 18.9 Å². The lowest BCUT2D eigenvalue weighted by Crippen LogP contribution is -2.44. The van der Waals surface area contributed by atoms with E-state index in [9.17, 15) is 14.4 Å². The molecule has 1 atom stereocenters. The molecule has 3 amide bonds. The summed E-state index contributed by atoms with van der Waals surface area (Å²) in [5.41, 5.74) is 3.38. The summed E-state index contributed by atoms with van der Waals surface area (Å²) in [6.07, 6.45) is 2.66. The predicted molar refractivity (Wildman–Crippen MR) is 143 cm³/mol. The third-order valence-corrected chi connectivity index (χ3v) is 7.00. The zero-order valence-corrected chi connectivity index (χ0v) is 20.8. The Morgan fingerprint density at radius 1 is 0.892 bits per heavy atom. The van der Waals surface area contributed by atoms with Crippen LogP contribution >= 0.6 is 0 Å². The first-order valence-electron chi connectivity index (χ1n) is 12.8. The third kappa shape index (κ3) is 5.82. The number of ether oxygens (including phenoxy) is 1. The van der Waals surface area contributed by atoms with Crippen molar-refractivity contribution in [1.29, 1.82) is 0 Å². The molecule has 1 fully saturated rings. The quantitative estimate of drug-likeness (QED) is 0.520. The number of hydrogen-bond acceptors (Lipinski definition) is 4. The summed E-state index contributed by atoms with van der Waals surface area (Å²) in [6, 6.07) is 24.4. The lowest BCUT2D eigenvalue weighted by molar-refractivity contribution is -0.135. The monoisotopic (exact) mass is 497 g/mol. The highest BCUT2D eigenvalue weighted by molar-refractivity contribution is 6.07. The number of hydrogen-bond donors (Lipinski definition) is 1. The van der Waals surface area contributed by atoms with Crippen molar-refractivity contribution in [1.82, 2.24) is 4.90 Å². The number of fused-ring (bicyclic) bond motifs is 1. The average Bonchev–Trinajstić information content (AvgIpc) is 3.38. The van der Waals surface area contributed by atoms with Crippen molar-refractivity contribution in [3.63, 3.8) is 0 Å². The molecule has 3 aromatic rings. The van der Waals surface area contributed by atoms with Crippen LogP contribution in [0.4, 0.5) is 11.4 Å². The second-order valence-corrected chi connectivity index (χ2v) is 9.49. The molecule has 7 nitrogen and oxygen atoms in total. The lowest BCUT2D eigenvalue weighted by atomic mass is 9.96. The predicted octanol–water partition coefficient (Wildman–Crippen LogP) is 4.54. The first kappa shape index (κ1) is 24.6. The second kappa shape index (κ2) is 11.3. The van der Waals surface area contributed by atoms with E-state index in [4.69, 9.17) is 4.74 Å². The molecular formula is C30H31N3O4. The molecule has 2 aliphatic heterocycles. The molecule has 5 rings (SSSR count). The molecule has 190 valence electrons. The van der Waals surface area contributed by atoms with Gasteiger partial charge in [-0.3, -0.25) is 14.4 Å². The van der Waals surface area contributed by atoms with Gasteiger partial charge in [-0.1, -0.05) is 36.4 Å². The Kier molecular flexibility index (Phi) is 7.49. The second-order valence-electron chi connectivity index (χ2n) is 9.49. The third-order valence-electron chi connectivity index (χ3n) is 7.00. The molecule has 1 unspecified atom stereocenters. The smallest absolute Gasteiger partial charge is 0.258 e. The number of benzene rings is 3. The van der Waals surface area contributed by atoms with Crippen molar-refractivity contribution in [2.24, 2.45) is 5.92 Å². The van der Waals surface area contributed by atoms with Crippen LogP contribution in [0.15, 0.2) is 78.9 Å². The first-order chi connectivity index (χ1) is 18.1. The maximum Gasteiger partial charge on any atom is 0.258 e. The van der Waals surface area contributed by atoms with E-state index in [2.05, 4.69) is 11.4 Å². The fourth-order valence-corrected chi connectivity index (χ4v) is 4.99. The van der Waals surface area contributed by atoms with Gasteiger partial charge in [0.25, 0.3) is 5.91 Å². The van der Waals surface area contributed by atoms with E-state index in [1.165, 1.54) is 5.56 Å². The largest absolute Gasteiger partial charge is 0.493 e. The minimum atomic E-state index is -0.268. The molecule has 1 N–H and O–H groups in total. The van der Waals surface area contributed by atoms with E-state index >= 15 is 0 Å².